The molecule has 2 rings (SSSR count). The van der Waals surface area contributed by atoms with Crippen LogP contribution in [0.4, 0.5) is 0 Å². The summed E-state index contributed by atoms with van der Waals surface area (Å²) in [7, 11) is 0. The van der Waals surface area contributed by atoms with Crippen molar-refractivity contribution in [2.75, 3.05) is 13.2 Å². The number of aliphatic hydroxyl groups is 1. The molecule has 15 heavy (non-hydrogen) atoms. The van der Waals surface area contributed by atoms with E-state index in [4.69, 9.17) is 4.74 Å². The molecule has 1 aliphatic heterocycles. The van der Waals surface area contributed by atoms with Gasteiger partial charge >= 0.3 is 0 Å². The maximum Gasteiger partial charge on any atom is 0.249 e. The highest BCUT2D eigenvalue weighted by Crippen LogP contribution is 2.24. The van der Waals surface area contributed by atoms with Gasteiger partial charge in [0, 0.05) is 19.1 Å². The van der Waals surface area contributed by atoms with Gasteiger partial charge in [0.2, 0.25) is 5.91 Å². The van der Waals surface area contributed by atoms with Crippen LogP contribution in [0.15, 0.2) is 0 Å². The maximum atomic E-state index is 11.6. The molecule has 0 spiro atoms. The summed E-state index contributed by atoms with van der Waals surface area (Å²) in [6.07, 6.45) is 4.30. The van der Waals surface area contributed by atoms with Crippen molar-refractivity contribution in [3.8, 4) is 0 Å². The van der Waals surface area contributed by atoms with Gasteiger partial charge in [0.05, 0.1) is 6.10 Å². The molecule has 2 N–H and O–H groups in total. The molecule has 1 amide bonds. The van der Waals surface area contributed by atoms with E-state index >= 15 is 0 Å². The number of ether oxygens (including phenoxy) is 1. The molecule has 2 unspecified atom stereocenters. The van der Waals surface area contributed by atoms with Crippen molar-refractivity contribution in [1.29, 1.82) is 0 Å². The minimum absolute atomic E-state index is 0.00778. The molecular weight excluding hydrogens is 194 g/mol. The third-order valence-corrected chi connectivity index (χ3v) is 3.38. The number of nitrogens with one attached hydrogen (secondary N) is 1. The van der Waals surface area contributed by atoms with Crippen LogP contribution in [0.1, 0.15) is 32.1 Å². The van der Waals surface area contributed by atoms with Crippen molar-refractivity contribution in [2.45, 2.75) is 44.3 Å². The summed E-state index contributed by atoms with van der Waals surface area (Å²) in [5, 5.41) is 12.5. The van der Waals surface area contributed by atoms with Crippen LogP contribution >= 0.6 is 0 Å². The molecule has 0 radical (unpaired) electrons. The van der Waals surface area contributed by atoms with Crippen LogP contribution in [-0.4, -0.2) is 36.4 Å². The summed E-state index contributed by atoms with van der Waals surface area (Å²) in [4.78, 5) is 11.6. The molecule has 1 heterocycles. The fraction of sp³-hybridized carbons (Fsp3) is 0.909. The third kappa shape index (κ3) is 2.69. The van der Waals surface area contributed by atoms with E-state index in [-0.39, 0.29) is 24.0 Å². The number of aliphatic hydroxyl groups excluding tert-OH is 1. The van der Waals surface area contributed by atoms with Gasteiger partial charge < -0.3 is 15.2 Å². The first kappa shape index (κ1) is 10.9. The normalized spacial score (nSPS) is 35.7. The first-order valence-electron chi connectivity index (χ1n) is 5.85. The highest BCUT2D eigenvalue weighted by Gasteiger charge is 2.28. The van der Waals surface area contributed by atoms with E-state index in [1.54, 1.807) is 0 Å². The molecule has 1 aliphatic carbocycles. The van der Waals surface area contributed by atoms with Crippen LogP contribution in [0, 0.1) is 5.92 Å². The van der Waals surface area contributed by atoms with Crippen LogP contribution in [-0.2, 0) is 9.53 Å². The predicted octanol–water partition coefficient (Wildman–Crippen LogP) is 0.443. The van der Waals surface area contributed by atoms with E-state index in [0.717, 1.165) is 32.1 Å². The molecule has 4 heteroatoms. The van der Waals surface area contributed by atoms with Crippen molar-refractivity contribution in [3.63, 3.8) is 0 Å². The van der Waals surface area contributed by atoms with E-state index in [1.165, 1.54) is 0 Å². The summed E-state index contributed by atoms with van der Waals surface area (Å²) in [5.74, 6) is 0.238. The highest BCUT2D eigenvalue weighted by molar-refractivity contribution is 5.80. The minimum atomic E-state index is -0.247. The van der Waals surface area contributed by atoms with Gasteiger partial charge in [0.15, 0.2) is 0 Å². The van der Waals surface area contributed by atoms with Gasteiger partial charge in [-0.1, -0.05) is 6.42 Å². The van der Waals surface area contributed by atoms with Crippen LogP contribution in [0.2, 0.25) is 0 Å². The highest BCUT2D eigenvalue weighted by atomic mass is 16.5. The molecule has 1 saturated carbocycles. The molecule has 0 aromatic rings. The second-order valence-corrected chi connectivity index (χ2v) is 4.51. The van der Waals surface area contributed by atoms with E-state index in [2.05, 4.69) is 5.32 Å². The lowest BCUT2D eigenvalue weighted by molar-refractivity contribution is -0.130. The molecule has 86 valence electrons. The molecule has 2 aliphatic rings. The first-order valence-corrected chi connectivity index (χ1v) is 5.85. The van der Waals surface area contributed by atoms with Crippen LogP contribution in [0.25, 0.3) is 0 Å². The Morgan fingerprint density at radius 1 is 1.33 bits per heavy atom. The third-order valence-electron chi connectivity index (χ3n) is 3.38. The molecular formula is C11H19NO3. The zero-order valence-corrected chi connectivity index (χ0v) is 8.95. The van der Waals surface area contributed by atoms with Gasteiger partial charge in [0.25, 0.3) is 0 Å². The first-order chi connectivity index (χ1) is 7.27. The van der Waals surface area contributed by atoms with E-state index in [9.17, 15) is 9.90 Å². The van der Waals surface area contributed by atoms with E-state index in [0.29, 0.717) is 13.2 Å². The number of carbonyl (C=O) groups excluding carboxylic acids is 1. The molecule has 0 aromatic heterocycles. The van der Waals surface area contributed by atoms with Crippen LogP contribution in [0.3, 0.4) is 0 Å². The summed E-state index contributed by atoms with van der Waals surface area (Å²) in [5.41, 5.74) is 0. The second-order valence-electron chi connectivity index (χ2n) is 4.51. The molecule has 2 fully saturated rings. The molecule has 0 aromatic carbocycles. The minimum Gasteiger partial charge on any atom is -0.393 e. The van der Waals surface area contributed by atoms with E-state index < -0.39 is 0 Å². The average Bonchev–Trinajstić information content (AvgIpc) is 2.85. The summed E-state index contributed by atoms with van der Waals surface area (Å²) < 4.78 is 5.28. The number of hydrogen-bond acceptors (Lipinski definition) is 3. The van der Waals surface area contributed by atoms with Crippen LogP contribution in [0.5, 0.6) is 0 Å². The Labute approximate surface area is 90.0 Å². The van der Waals surface area contributed by atoms with Gasteiger partial charge in [-0.25, -0.2) is 0 Å². The quantitative estimate of drug-likeness (QED) is 0.715. The molecule has 3 atom stereocenters. The average molecular weight is 213 g/mol. The standard InChI is InChI=1S/C11H19NO3/c13-9-4-1-3-8(9)7-12-11(14)10-5-2-6-15-10/h8-10,13H,1-7H2,(H,12,14)/t8?,9?,10-/m1/s1. The summed E-state index contributed by atoms with van der Waals surface area (Å²) in [6, 6.07) is 0. The van der Waals surface area contributed by atoms with Crippen molar-refractivity contribution in [1.82, 2.24) is 5.32 Å². The monoisotopic (exact) mass is 213 g/mol. The Balaban J connectivity index is 1.70. The van der Waals surface area contributed by atoms with Crippen LogP contribution < -0.4 is 5.32 Å². The lowest BCUT2D eigenvalue weighted by atomic mass is 10.1. The van der Waals surface area contributed by atoms with Crippen molar-refractivity contribution < 1.29 is 14.6 Å². The maximum absolute atomic E-state index is 11.6. The lowest BCUT2D eigenvalue weighted by Crippen LogP contribution is -2.38. The van der Waals surface area contributed by atoms with Crippen molar-refractivity contribution in [3.05, 3.63) is 0 Å². The van der Waals surface area contributed by atoms with Crippen molar-refractivity contribution >= 4 is 5.91 Å². The molecule has 4 nitrogen and oxygen atoms in total. The number of hydrogen-bond donors (Lipinski definition) is 2. The summed E-state index contributed by atoms with van der Waals surface area (Å²) >= 11 is 0. The molecule has 1 saturated heterocycles. The SMILES string of the molecule is O=C(NCC1CCCC1O)[C@H]1CCCO1. The smallest absolute Gasteiger partial charge is 0.249 e. The zero-order valence-electron chi connectivity index (χ0n) is 8.95. The Kier molecular flexibility index (Phi) is 3.59. The van der Waals surface area contributed by atoms with Gasteiger partial charge in [0.1, 0.15) is 6.10 Å². The Hall–Kier alpha value is -0.610. The Bertz CT molecular complexity index is 226. The van der Waals surface area contributed by atoms with Gasteiger partial charge in [-0.15, -0.1) is 0 Å². The predicted molar refractivity (Wildman–Crippen MR) is 55.3 cm³/mol. The largest absolute Gasteiger partial charge is 0.393 e. The fourth-order valence-electron chi connectivity index (χ4n) is 2.39. The number of amides is 1. The Morgan fingerprint density at radius 3 is 2.80 bits per heavy atom. The van der Waals surface area contributed by atoms with E-state index in [1.807, 2.05) is 0 Å². The van der Waals surface area contributed by atoms with Gasteiger partial charge in [-0.05, 0) is 25.7 Å². The summed E-state index contributed by atoms with van der Waals surface area (Å²) in [6.45, 7) is 1.30. The second kappa shape index (κ2) is 4.94. The van der Waals surface area contributed by atoms with Crippen molar-refractivity contribution in [2.24, 2.45) is 5.92 Å². The van der Waals surface area contributed by atoms with Gasteiger partial charge in [-0.3, -0.25) is 4.79 Å². The lowest BCUT2D eigenvalue weighted by Gasteiger charge is -2.16. The van der Waals surface area contributed by atoms with Gasteiger partial charge in [-0.2, -0.15) is 0 Å². The molecule has 0 bridgehead atoms. The fourth-order valence-corrected chi connectivity index (χ4v) is 2.39. The number of rotatable bonds is 3. The number of carbonyl (C=O) groups is 1. The topological polar surface area (TPSA) is 58.6 Å². The Morgan fingerprint density at radius 2 is 2.20 bits per heavy atom. The zero-order chi connectivity index (χ0) is 10.7.